The third-order valence-corrected chi connectivity index (χ3v) is 4.30. The molecule has 0 spiro atoms. The van der Waals surface area contributed by atoms with E-state index in [2.05, 4.69) is 44.9 Å². The molecule has 3 N–H and O–H groups in total. The van der Waals surface area contributed by atoms with Crippen molar-refractivity contribution in [1.82, 2.24) is 10.3 Å². The van der Waals surface area contributed by atoms with Crippen LogP contribution in [0.25, 0.3) is 11.3 Å². The average Bonchev–Trinajstić information content (AvgIpc) is 3.02. The first-order valence-electron chi connectivity index (χ1n) is 8.32. The van der Waals surface area contributed by atoms with Gasteiger partial charge in [-0.15, -0.1) is 11.3 Å². The molecule has 0 fully saturated rings. The van der Waals surface area contributed by atoms with Crippen molar-refractivity contribution in [3.05, 3.63) is 40.2 Å². The van der Waals surface area contributed by atoms with E-state index in [1.807, 2.05) is 13.8 Å². The highest BCUT2D eigenvalue weighted by molar-refractivity contribution is 7.09. The van der Waals surface area contributed by atoms with Crippen molar-refractivity contribution in [1.29, 1.82) is 0 Å². The lowest BCUT2D eigenvalue weighted by atomic mass is 10.1. The first kappa shape index (κ1) is 18.4. The van der Waals surface area contributed by atoms with Gasteiger partial charge >= 0.3 is 0 Å². The number of hydrogen-bond donors (Lipinski definition) is 2. The number of hydrogen-bond acceptors (Lipinski definition) is 4. The number of benzene rings is 1. The van der Waals surface area contributed by atoms with Crippen molar-refractivity contribution in [3.63, 3.8) is 0 Å². The van der Waals surface area contributed by atoms with Crippen LogP contribution in [-0.2, 0) is 11.2 Å². The minimum atomic E-state index is 0.501. The summed E-state index contributed by atoms with van der Waals surface area (Å²) in [6, 6.07) is 8.52. The molecule has 0 saturated heterocycles. The first-order valence-corrected chi connectivity index (χ1v) is 9.20. The molecule has 0 saturated carbocycles. The molecular formula is C18H26N4OS. The predicted octanol–water partition coefficient (Wildman–Crippen LogP) is 2.99. The summed E-state index contributed by atoms with van der Waals surface area (Å²) in [4.78, 5) is 8.79. The van der Waals surface area contributed by atoms with Crippen LogP contribution in [0.4, 0.5) is 0 Å². The van der Waals surface area contributed by atoms with Crippen LogP contribution in [0, 0.1) is 6.92 Å². The molecule has 2 rings (SSSR count). The standard InChI is InChI=1S/C18H26N4OS/c1-3-23-12-4-10-20-18(19)21-11-9-15-5-7-16(8-6-15)17-13-24-14(2)22-17/h5-8,13H,3-4,9-12H2,1-2H3,(H3,19,20,21). The van der Waals surface area contributed by atoms with E-state index in [1.54, 1.807) is 11.3 Å². The van der Waals surface area contributed by atoms with E-state index in [1.165, 1.54) is 5.56 Å². The number of aliphatic imine (C=N–C) groups is 1. The van der Waals surface area contributed by atoms with Gasteiger partial charge in [-0.2, -0.15) is 0 Å². The Morgan fingerprint density at radius 1 is 1.33 bits per heavy atom. The Bertz CT molecular complexity index is 637. The van der Waals surface area contributed by atoms with E-state index in [-0.39, 0.29) is 0 Å². The normalized spacial score (nSPS) is 11.7. The quantitative estimate of drug-likeness (QED) is 0.416. The summed E-state index contributed by atoms with van der Waals surface area (Å²) in [5, 5.41) is 6.33. The number of nitrogens with two attached hydrogens (primary N) is 1. The van der Waals surface area contributed by atoms with Crippen LogP contribution in [0.1, 0.15) is 23.9 Å². The maximum absolute atomic E-state index is 5.85. The third kappa shape index (κ3) is 6.29. The van der Waals surface area contributed by atoms with Crippen LogP contribution in [0.2, 0.25) is 0 Å². The third-order valence-electron chi connectivity index (χ3n) is 3.52. The van der Waals surface area contributed by atoms with E-state index < -0.39 is 0 Å². The summed E-state index contributed by atoms with van der Waals surface area (Å²) in [6.45, 7) is 6.97. The van der Waals surface area contributed by atoms with Crippen LogP contribution >= 0.6 is 11.3 Å². The van der Waals surface area contributed by atoms with E-state index in [4.69, 9.17) is 10.5 Å². The van der Waals surface area contributed by atoms with Gasteiger partial charge in [-0.25, -0.2) is 4.98 Å². The van der Waals surface area contributed by atoms with Crippen molar-refractivity contribution in [2.24, 2.45) is 10.7 Å². The van der Waals surface area contributed by atoms with Crippen molar-refractivity contribution < 1.29 is 4.74 Å². The van der Waals surface area contributed by atoms with Crippen molar-refractivity contribution in [3.8, 4) is 11.3 Å². The molecule has 1 aromatic heterocycles. The van der Waals surface area contributed by atoms with Gasteiger partial charge in [0.2, 0.25) is 0 Å². The lowest BCUT2D eigenvalue weighted by Crippen LogP contribution is -2.33. The number of rotatable bonds is 9. The Hall–Kier alpha value is -1.92. The second-order valence-electron chi connectivity index (χ2n) is 5.44. The fourth-order valence-electron chi connectivity index (χ4n) is 2.24. The summed E-state index contributed by atoms with van der Waals surface area (Å²) in [5.41, 5.74) is 9.32. The SMILES string of the molecule is CCOCCCN=C(N)NCCc1ccc(-c2csc(C)n2)cc1. The zero-order chi connectivity index (χ0) is 17.2. The van der Waals surface area contributed by atoms with Crippen LogP contribution < -0.4 is 11.1 Å². The maximum atomic E-state index is 5.85. The number of guanidine groups is 1. The lowest BCUT2D eigenvalue weighted by molar-refractivity contribution is 0.146. The van der Waals surface area contributed by atoms with Gasteiger partial charge in [0.1, 0.15) is 0 Å². The van der Waals surface area contributed by atoms with Gasteiger partial charge in [0.05, 0.1) is 10.7 Å². The average molecular weight is 347 g/mol. The van der Waals surface area contributed by atoms with E-state index in [9.17, 15) is 0 Å². The molecule has 5 nitrogen and oxygen atoms in total. The predicted molar refractivity (Wildman–Crippen MR) is 102 cm³/mol. The highest BCUT2D eigenvalue weighted by Gasteiger charge is 2.02. The van der Waals surface area contributed by atoms with E-state index in [0.29, 0.717) is 12.5 Å². The van der Waals surface area contributed by atoms with Gasteiger partial charge in [-0.05, 0) is 32.3 Å². The van der Waals surface area contributed by atoms with Gasteiger partial charge in [-0.3, -0.25) is 4.99 Å². The summed E-state index contributed by atoms with van der Waals surface area (Å²) in [5.74, 6) is 0.501. The molecule has 0 aliphatic rings. The molecule has 2 aromatic rings. The molecule has 0 aliphatic carbocycles. The molecule has 0 radical (unpaired) electrons. The summed E-state index contributed by atoms with van der Waals surface area (Å²) in [6.07, 6.45) is 1.80. The zero-order valence-electron chi connectivity index (χ0n) is 14.4. The van der Waals surface area contributed by atoms with Gasteiger partial charge in [0.15, 0.2) is 5.96 Å². The molecule has 0 amide bonds. The number of ether oxygens (including phenoxy) is 1. The second-order valence-corrected chi connectivity index (χ2v) is 6.51. The zero-order valence-corrected chi connectivity index (χ0v) is 15.2. The highest BCUT2D eigenvalue weighted by Crippen LogP contribution is 2.21. The van der Waals surface area contributed by atoms with Gasteiger partial charge in [0.25, 0.3) is 0 Å². The number of nitrogens with one attached hydrogen (secondary N) is 1. The van der Waals surface area contributed by atoms with E-state index >= 15 is 0 Å². The Kier molecular flexibility index (Phi) is 7.71. The lowest BCUT2D eigenvalue weighted by Gasteiger charge is -2.06. The topological polar surface area (TPSA) is 72.5 Å². The fourth-order valence-corrected chi connectivity index (χ4v) is 2.86. The molecule has 24 heavy (non-hydrogen) atoms. The van der Waals surface area contributed by atoms with Crippen LogP contribution in [0.3, 0.4) is 0 Å². The van der Waals surface area contributed by atoms with Crippen molar-refractivity contribution >= 4 is 17.3 Å². The number of aromatic nitrogens is 1. The number of thiazole rings is 1. The summed E-state index contributed by atoms with van der Waals surface area (Å²) in [7, 11) is 0. The van der Waals surface area contributed by atoms with Crippen LogP contribution in [-0.4, -0.2) is 37.2 Å². The summed E-state index contributed by atoms with van der Waals surface area (Å²) >= 11 is 1.68. The molecule has 1 heterocycles. The summed E-state index contributed by atoms with van der Waals surface area (Å²) < 4.78 is 5.26. The molecule has 1 aromatic carbocycles. The monoisotopic (exact) mass is 346 g/mol. The highest BCUT2D eigenvalue weighted by atomic mass is 32.1. The van der Waals surface area contributed by atoms with Crippen molar-refractivity contribution in [2.45, 2.75) is 26.7 Å². The van der Waals surface area contributed by atoms with Gasteiger partial charge in [-0.1, -0.05) is 24.3 Å². The molecule has 6 heteroatoms. The Balaban J connectivity index is 1.71. The molecule has 0 aliphatic heterocycles. The Labute approximate surface area is 148 Å². The Morgan fingerprint density at radius 2 is 2.12 bits per heavy atom. The maximum Gasteiger partial charge on any atom is 0.188 e. The minimum Gasteiger partial charge on any atom is -0.382 e. The molecule has 0 bridgehead atoms. The van der Waals surface area contributed by atoms with Gasteiger partial charge < -0.3 is 15.8 Å². The second kappa shape index (κ2) is 10.1. The van der Waals surface area contributed by atoms with Gasteiger partial charge in [0, 0.05) is 37.2 Å². The molecule has 0 unspecified atom stereocenters. The molecular weight excluding hydrogens is 320 g/mol. The largest absolute Gasteiger partial charge is 0.382 e. The fraction of sp³-hybridized carbons (Fsp3) is 0.444. The molecule has 130 valence electrons. The van der Waals surface area contributed by atoms with E-state index in [0.717, 1.165) is 48.9 Å². The van der Waals surface area contributed by atoms with Crippen LogP contribution in [0.15, 0.2) is 34.6 Å². The Morgan fingerprint density at radius 3 is 2.79 bits per heavy atom. The first-order chi connectivity index (χ1) is 11.7. The number of nitrogens with zero attached hydrogens (tertiary/aromatic N) is 2. The minimum absolute atomic E-state index is 0.501. The smallest absolute Gasteiger partial charge is 0.188 e. The molecule has 0 atom stereocenters. The van der Waals surface area contributed by atoms with Crippen LogP contribution in [0.5, 0.6) is 0 Å². The number of aryl methyl sites for hydroxylation is 1. The van der Waals surface area contributed by atoms with Crippen molar-refractivity contribution in [2.75, 3.05) is 26.3 Å².